The Bertz CT molecular complexity index is 892. The van der Waals surface area contributed by atoms with Crippen LogP contribution in [-0.4, -0.2) is 49.7 Å². The number of anilines is 1. The fourth-order valence-corrected chi connectivity index (χ4v) is 5.36. The van der Waals surface area contributed by atoms with Crippen molar-refractivity contribution in [3.05, 3.63) is 54.6 Å². The molecule has 6 nitrogen and oxygen atoms in total. The predicted octanol–water partition coefficient (Wildman–Crippen LogP) is 3.22. The molecule has 150 valence electrons. The summed E-state index contributed by atoms with van der Waals surface area (Å²) in [7, 11) is -3.58. The fourth-order valence-electron chi connectivity index (χ4n) is 3.05. The van der Waals surface area contributed by atoms with Crippen molar-refractivity contribution in [1.29, 1.82) is 0 Å². The minimum Gasteiger partial charge on any atom is -0.373 e. The Kier molecular flexibility index (Phi) is 6.77. The van der Waals surface area contributed by atoms with Gasteiger partial charge in [0.1, 0.15) is 0 Å². The monoisotopic (exact) mass is 420 g/mol. The van der Waals surface area contributed by atoms with E-state index in [1.54, 1.807) is 12.1 Å². The molecular weight excluding hydrogens is 396 g/mol. The summed E-state index contributed by atoms with van der Waals surface area (Å²) in [5.74, 6) is 0.147. The second-order valence-electron chi connectivity index (χ2n) is 6.75. The van der Waals surface area contributed by atoms with Crippen LogP contribution in [0, 0.1) is 0 Å². The molecule has 0 radical (unpaired) electrons. The van der Waals surface area contributed by atoms with Crippen LogP contribution in [0.4, 0.5) is 5.69 Å². The lowest BCUT2D eigenvalue weighted by atomic mass is 10.3. The largest absolute Gasteiger partial charge is 0.373 e. The van der Waals surface area contributed by atoms with Gasteiger partial charge in [-0.15, -0.1) is 11.8 Å². The second kappa shape index (κ2) is 9.09. The molecule has 1 heterocycles. The molecule has 0 aliphatic carbocycles. The van der Waals surface area contributed by atoms with E-state index < -0.39 is 10.0 Å². The summed E-state index contributed by atoms with van der Waals surface area (Å²) in [6.07, 6.45) is -0.279. The number of nitrogens with one attached hydrogen (secondary N) is 1. The summed E-state index contributed by atoms with van der Waals surface area (Å²) in [6, 6.07) is 16.0. The number of ether oxygens (including phenoxy) is 1. The van der Waals surface area contributed by atoms with Crippen molar-refractivity contribution >= 4 is 33.4 Å². The van der Waals surface area contributed by atoms with Gasteiger partial charge in [0.2, 0.25) is 15.9 Å². The van der Waals surface area contributed by atoms with Crippen LogP contribution in [0.1, 0.15) is 13.8 Å². The predicted molar refractivity (Wildman–Crippen MR) is 111 cm³/mol. The minimum absolute atomic E-state index is 0.139. The molecule has 1 N–H and O–H groups in total. The maximum absolute atomic E-state index is 12.9. The number of amides is 1. The van der Waals surface area contributed by atoms with Gasteiger partial charge in [-0.1, -0.05) is 18.2 Å². The molecule has 1 aliphatic rings. The number of morpholine rings is 1. The van der Waals surface area contributed by atoms with Gasteiger partial charge in [-0.2, -0.15) is 4.31 Å². The molecule has 2 aromatic carbocycles. The van der Waals surface area contributed by atoms with E-state index >= 15 is 0 Å². The molecule has 2 atom stereocenters. The highest BCUT2D eigenvalue weighted by Gasteiger charge is 2.32. The Morgan fingerprint density at radius 3 is 2.29 bits per heavy atom. The van der Waals surface area contributed by atoms with Gasteiger partial charge in [-0.05, 0) is 50.2 Å². The van der Waals surface area contributed by atoms with Gasteiger partial charge >= 0.3 is 0 Å². The van der Waals surface area contributed by atoms with Gasteiger partial charge in [-0.25, -0.2) is 8.42 Å². The SMILES string of the molecule is C[C@@H]1CN(S(=O)(=O)c2ccc(NC(=O)CSc3ccccc3)cc2)C[C@H](C)O1. The lowest BCUT2D eigenvalue weighted by Gasteiger charge is -2.34. The van der Waals surface area contributed by atoms with Crippen LogP contribution in [-0.2, 0) is 19.6 Å². The highest BCUT2D eigenvalue weighted by atomic mass is 32.2. The first-order chi connectivity index (χ1) is 13.3. The van der Waals surface area contributed by atoms with Crippen molar-refractivity contribution in [2.75, 3.05) is 24.2 Å². The maximum atomic E-state index is 12.9. The average Bonchev–Trinajstić information content (AvgIpc) is 2.67. The zero-order valence-electron chi connectivity index (χ0n) is 15.9. The molecule has 2 aromatic rings. The van der Waals surface area contributed by atoms with Gasteiger partial charge in [0.15, 0.2) is 0 Å². The van der Waals surface area contributed by atoms with Gasteiger partial charge < -0.3 is 10.1 Å². The van der Waals surface area contributed by atoms with Gasteiger partial charge in [-0.3, -0.25) is 4.79 Å². The lowest BCUT2D eigenvalue weighted by molar-refractivity contribution is -0.113. The van der Waals surface area contributed by atoms with E-state index in [9.17, 15) is 13.2 Å². The van der Waals surface area contributed by atoms with Crippen LogP contribution in [0.5, 0.6) is 0 Å². The molecule has 28 heavy (non-hydrogen) atoms. The van der Waals surface area contributed by atoms with E-state index in [-0.39, 0.29) is 28.8 Å². The van der Waals surface area contributed by atoms with Crippen LogP contribution in [0.15, 0.2) is 64.4 Å². The highest BCUT2D eigenvalue weighted by molar-refractivity contribution is 8.00. The van der Waals surface area contributed by atoms with Crippen LogP contribution < -0.4 is 5.32 Å². The number of benzene rings is 2. The van der Waals surface area contributed by atoms with Gasteiger partial charge in [0.25, 0.3) is 0 Å². The molecule has 1 fully saturated rings. The van der Waals surface area contributed by atoms with E-state index in [1.807, 2.05) is 44.2 Å². The van der Waals surface area contributed by atoms with E-state index in [1.165, 1.54) is 28.2 Å². The Hall–Kier alpha value is -1.87. The number of rotatable bonds is 6. The first kappa shape index (κ1) is 20.9. The molecule has 0 unspecified atom stereocenters. The van der Waals surface area contributed by atoms with Crippen LogP contribution >= 0.6 is 11.8 Å². The Morgan fingerprint density at radius 1 is 1.07 bits per heavy atom. The highest BCUT2D eigenvalue weighted by Crippen LogP contribution is 2.23. The zero-order chi connectivity index (χ0) is 20.1. The molecular formula is C20H24N2O4S2. The minimum atomic E-state index is -3.58. The van der Waals surface area contributed by atoms with Gasteiger partial charge in [0, 0.05) is 23.7 Å². The molecule has 0 spiro atoms. The smallest absolute Gasteiger partial charge is 0.243 e. The normalized spacial score (nSPS) is 20.6. The second-order valence-corrected chi connectivity index (χ2v) is 9.74. The van der Waals surface area contributed by atoms with Gasteiger partial charge in [0.05, 0.1) is 22.9 Å². The fraction of sp³-hybridized carbons (Fsp3) is 0.350. The quantitative estimate of drug-likeness (QED) is 0.727. The number of hydrogen-bond donors (Lipinski definition) is 1. The number of nitrogens with zero attached hydrogens (tertiary/aromatic N) is 1. The summed E-state index contributed by atoms with van der Waals surface area (Å²) >= 11 is 1.45. The van der Waals surface area contributed by atoms with Crippen molar-refractivity contribution < 1.29 is 17.9 Å². The summed E-state index contributed by atoms with van der Waals surface area (Å²) < 4.78 is 32.8. The summed E-state index contributed by atoms with van der Waals surface area (Å²) in [5.41, 5.74) is 0.571. The number of carbonyl (C=O) groups excluding carboxylic acids is 1. The molecule has 8 heteroatoms. The van der Waals surface area contributed by atoms with E-state index in [2.05, 4.69) is 5.32 Å². The molecule has 0 aromatic heterocycles. The Balaban J connectivity index is 1.60. The molecule has 1 saturated heterocycles. The van der Waals surface area contributed by atoms with E-state index in [4.69, 9.17) is 4.74 Å². The topological polar surface area (TPSA) is 75.7 Å². The first-order valence-electron chi connectivity index (χ1n) is 9.08. The molecule has 1 amide bonds. The number of thioether (sulfide) groups is 1. The van der Waals surface area contributed by atoms with Crippen molar-refractivity contribution in [2.24, 2.45) is 0 Å². The average molecular weight is 421 g/mol. The van der Waals surface area contributed by atoms with Crippen molar-refractivity contribution in [1.82, 2.24) is 4.31 Å². The molecule has 1 aliphatic heterocycles. The number of sulfonamides is 1. The summed E-state index contributed by atoms with van der Waals surface area (Å²) in [4.78, 5) is 13.3. The summed E-state index contributed by atoms with van der Waals surface area (Å²) in [6.45, 7) is 4.40. The standard InChI is InChI=1S/C20H24N2O4S2/c1-15-12-22(13-16(2)26-15)28(24,25)19-10-8-17(9-11-19)21-20(23)14-27-18-6-4-3-5-7-18/h3-11,15-16H,12-14H2,1-2H3,(H,21,23)/t15-,16+. The van der Waals surface area contributed by atoms with Crippen LogP contribution in [0.25, 0.3) is 0 Å². The van der Waals surface area contributed by atoms with E-state index in [0.717, 1.165) is 4.90 Å². The number of hydrogen-bond acceptors (Lipinski definition) is 5. The zero-order valence-corrected chi connectivity index (χ0v) is 17.5. The molecule has 3 rings (SSSR count). The Morgan fingerprint density at radius 2 is 1.68 bits per heavy atom. The third-order valence-electron chi connectivity index (χ3n) is 4.28. The summed E-state index contributed by atoms with van der Waals surface area (Å²) in [5, 5.41) is 2.80. The maximum Gasteiger partial charge on any atom is 0.243 e. The van der Waals surface area contributed by atoms with Crippen molar-refractivity contribution in [3.8, 4) is 0 Å². The van der Waals surface area contributed by atoms with Crippen LogP contribution in [0.3, 0.4) is 0 Å². The molecule has 0 bridgehead atoms. The Labute approximate surface area is 170 Å². The first-order valence-corrected chi connectivity index (χ1v) is 11.5. The van der Waals surface area contributed by atoms with Crippen molar-refractivity contribution in [3.63, 3.8) is 0 Å². The number of carbonyl (C=O) groups is 1. The van der Waals surface area contributed by atoms with Crippen molar-refractivity contribution in [2.45, 2.75) is 35.8 Å². The lowest BCUT2D eigenvalue weighted by Crippen LogP contribution is -2.48. The van der Waals surface area contributed by atoms with Crippen LogP contribution in [0.2, 0.25) is 0 Å². The third kappa shape index (κ3) is 5.35. The third-order valence-corrected chi connectivity index (χ3v) is 7.13. The van der Waals surface area contributed by atoms with E-state index in [0.29, 0.717) is 18.8 Å². The molecule has 0 saturated carbocycles.